The van der Waals surface area contributed by atoms with Gasteiger partial charge in [-0.1, -0.05) is 20.3 Å². The molecule has 8 heteroatoms. The van der Waals surface area contributed by atoms with E-state index in [9.17, 15) is 18.0 Å². The number of benzene rings is 1. The molecule has 0 aliphatic heterocycles. The summed E-state index contributed by atoms with van der Waals surface area (Å²) in [5, 5.41) is 2.56. The molecule has 118 valence electrons. The highest BCUT2D eigenvalue weighted by molar-refractivity contribution is 9.10. The fourth-order valence-corrected chi connectivity index (χ4v) is 1.98. The van der Waals surface area contributed by atoms with Gasteiger partial charge < -0.3 is 15.8 Å². The summed E-state index contributed by atoms with van der Waals surface area (Å²) in [6.07, 6.45) is -4.02. The number of alkyl halides is 3. The second-order valence-corrected chi connectivity index (χ2v) is 5.45. The predicted molar refractivity (Wildman–Crippen MR) is 76.9 cm³/mol. The summed E-state index contributed by atoms with van der Waals surface area (Å²) in [5.41, 5.74) is 6.11. The third-order valence-electron chi connectivity index (χ3n) is 2.98. The molecule has 4 nitrogen and oxygen atoms in total. The lowest BCUT2D eigenvalue weighted by molar-refractivity contribution is -0.274. The van der Waals surface area contributed by atoms with Crippen LogP contribution in [0.25, 0.3) is 0 Å². The molecular weight excluding hydrogens is 353 g/mol. The van der Waals surface area contributed by atoms with E-state index in [1.807, 2.05) is 13.8 Å². The van der Waals surface area contributed by atoms with Crippen molar-refractivity contribution in [3.63, 3.8) is 0 Å². The van der Waals surface area contributed by atoms with Gasteiger partial charge in [0.1, 0.15) is 5.75 Å². The van der Waals surface area contributed by atoms with Crippen LogP contribution in [-0.2, 0) is 4.79 Å². The van der Waals surface area contributed by atoms with Crippen LogP contribution < -0.4 is 15.8 Å². The van der Waals surface area contributed by atoms with E-state index in [-0.39, 0.29) is 22.0 Å². The Hall–Kier alpha value is -1.28. The standard InChI is InChI=1S/C13H16BrF3N2O2/c1-3-7(2)11(18)12(20)19-8-4-5-10(9(14)6-8)21-13(15,16)17/h4-7,11H,3,18H2,1-2H3,(H,19,20). The maximum atomic E-state index is 12.1. The van der Waals surface area contributed by atoms with Crippen LogP contribution in [-0.4, -0.2) is 18.3 Å². The third kappa shape index (κ3) is 5.55. The van der Waals surface area contributed by atoms with E-state index in [2.05, 4.69) is 26.0 Å². The number of hydrogen-bond donors (Lipinski definition) is 2. The van der Waals surface area contributed by atoms with Gasteiger partial charge in [0.2, 0.25) is 5.91 Å². The van der Waals surface area contributed by atoms with E-state index >= 15 is 0 Å². The fraction of sp³-hybridized carbons (Fsp3) is 0.462. The molecule has 0 aromatic heterocycles. The van der Waals surface area contributed by atoms with Gasteiger partial charge in [-0.05, 0) is 40.0 Å². The lowest BCUT2D eigenvalue weighted by Crippen LogP contribution is -2.40. The number of nitrogens with one attached hydrogen (secondary N) is 1. The van der Waals surface area contributed by atoms with E-state index in [0.717, 1.165) is 12.5 Å². The van der Waals surface area contributed by atoms with Gasteiger partial charge in [0.15, 0.2) is 0 Å². The molecule has 0 heterocycles. The molecule has 1 rings (SSSR count). The average molecular weight is 369 g/mol. The largest absolute Gasteiger partial charge is 0.573 e. The van der Waals surface area contributed by atoms with Gasteiger partial charge in [-0.15, -0.1) is 13.2 Å². The first-order chi connectivity index (χ1) is 9.64. The van der Waals surface area contributed by atoms with Crippen molar-refractivity contribution in [2.75, 3.05) is 5.32 Å². The highest BCUT2D eigenvalue weighted by Gasteiger charge is 2.32. The van der Waals surface area contributed by atoms with Crippen molar-refractivity contribution in [3.05, 3.63) is 22.7 Å². The number of carbonyl (C=O) groups excluding carboxylic acids is 1. The monoisotopic (exact) mass is 368 g/mol. The SMILES string of the molecule is CCC(C)C(N)C(=O)Nc1ccc(OC(F)(F)F)c(Br)c1. The third-order valence-corrected chi connectivity index (χ3v) is 3.60. The number of hydrogen-bond acceptors (Lipinski definition) is 3. The number of halogens is 4. The van der Waals surface area contributed by atoms with Crippen molar-refractivity contribution in [1.82, 2.24) is 0 Å². The van der Waals surface area contributed by atoms with Gasteiger partial charge in [-0.25, -0.2) is 0 Å². The summed E-state index contributed by atoms with van der Waals surface area (Å²) in [4.78, 5) is 11.9. The summed E-state index contributed by atoms with van der Waals surface area (Å²) in [5.74, 6) is -0.770. The molecule has 0 bridgehead atoms. The molecule has 21 heavy (non-hydrogen) atoms. The van der Waals surface area contributed by atoms with Crippen LogP contribution in [0.3, 0.4) is 0 Å². The zero-order valence-electron chi connectivity index (χ0n) is 11.5. The summed E-state index contributed by atoms with van der Waals surface area (Å²) in [6, 6.07) is 3.07. The van der Waals surface area contributed by atoms with Gasteiger partial charge in [0.05, 0.1) is 10.5 Å². The number of ether oxygens (including phenoxy) is 1. The van der Waals surface area contributed by atoms with Gasteiger partial charge in [-0.2, -0.15) is 0 Å². The van der Waals surface area contributed by atoms with Crippen LogP contribution in [0.2, 0.25) is 0 Å². The molecule has 1 amide bonds. The molecule has 0 aliphatic carbocycles. The van der Waals surface area contributed by atoms with Crippen LogP contribution in [0.5, 0.6) is 5.75 Å². The Morgan fingerprint density at radius 1 is 1.48 bits per heavy atom. The maximum absolute atomic E-state index is 12.1. The molecule has 0 spiro atoms. The topological polar surface area (TPSA) is 64.4 Å². The summed E-state index contributed by atoms with van der Waals surface area (Å²) in [7, 11) is 0. The highest BCUT2D eigenvalue weighted by Crippen LogP contribution is 2.32. The van der Waals surface area contributed by atoms with E-state index in [0.29, 0.717) is 5.69 Å². The van der Waals surface area contributed by atoms with E-state index in [1.165, 1.54) is 12.1 Å². The Bertz CT molecular complexity index is 509. The molecule has 3 N–H and O–H groups in total. The first-order valence-electron chi connectivity index (χ1n) is 6.25. The number of amides is 1. The minimum atomic E-state index is -4.77. The Kier molecular flexibility index (Phi) is 6.03. The fourth-order valence-electron chi connectivity index (χ4n) is 1.52. The number of rotatable bonds is 5. The molecule has 0 radical (unpaired) electrons. The minimum Gasteiger partial charge on any atom is -0.405 e. The molecule has 0 saturated carbocycles. The highest BCUT2D eigenvalue weighted by atomic mass is 79.9. The molecule has 0 fully saturated rings. The van der Waals surface area contributed by atoms with Crippen molar-refractivity contribution in [1.29, 1.82) is 0 Å². The first kappa shape index (κ1) is 17.8. The van der Waals surface area contributed by atoms with E-state index in [1.54, 1.807) is 0 Å². The normalized spacial score (nSPS) is 14.4. The molecular formula is C13H16BrF3N2O2. The lowest BCUT2D eigenvalue weighted by Gasteiger charge is -2.18. The van der Waals surface area contributed by atoms with Crippen molar-refractivity contribution < 1.29 is 22.7 Å². The molecule has 1 aromatic rings. The smallest absolute Gasteiger partial charge is 0.405 e. The Balaban J connectivity index is 2.78. The van der Waals surface area contributed by atoms with Crippen molar-refractivity contribution in [2.24, 2.45) is 11.7 Å². The van der Waals surface area contributed by atoms with Crippen molar-refractivity contribution >= 4 is 27.5 Å². The number of anilines is 1. The molecule has 0 aliphatic rings. The van der Waals surface area contributed by atoms with Gasteiger partial charge in [0, 0.05) is 5.69 Å². The van der Waals surface area contributed by atoms with Crippen molar-refractivity contribution in [3.8, 4) is 5.75 Å². The summed E-state index contributed by atoms with van der Waals surface area (Å²) in [6.45, 7) is 3.76. The second-order valence-electron chi connectivity index (χ2n) is 4.59. The van der Waals surface area contributed by atoms with Gasteiger partial charge in [-0.3, -0.25) is 4.79 Å². The average Bonchev–Trinajstić information content (AvgIpc) is 2.38. The van der Waals surface area contributed by atoms with Crippen LogP contribution in [0, 0.1) is 5.92 Å². The number of carbonyl (C=O) groups is 1. The minimum absolute atomic E-state index is 0.00118. The van der Waals surface area contributed by atoms with Crippen molar-refractivity contribution in [2.45, 2.75) is 32.7 Å². The zero-order valence-corrected chi connectivity index (χ0v) is 13.1. The van der Waals surface area contributed by atoms with E-state index < -0.39 is 12.4 Å². The van der Waals surface area contributed by atoms with Gasteiger partial charge >= 0.3 is 6.36 Å². The summed E-state index contributed by atoms with van der Waals surface area (Å²) < 4.78 is 40.3. The zero-order chi connectivity index (χ0) is 16.2. The van der Waals surface area contributed by atoms with Crippen LogP contribution in [0.15, 0.2) is 22.7 Å². The Labute approximate surface area is 129 Å². The lowest BCUT2D eigenvalue weighted by atomic mass is 9.99. The summed E-state index contributed by atoms with van der Waals surface area (Å²) >= 11 is 2.96. The number of nitrogens with two attached hydrogens (primary N) is 1. The second kappa shape index (κ2) is 7.13. The van der Waals surface area contributed by atoms with Crippen LogP contribution in [0.1, 0.15) is 20.3 Å². The maximum Gasteiger partial charge on any atom is 0.573 e. The van der Waals surface area contributed by atoms with E-state index in [4.69, 9.17) is 5.73 Å². The van der Waals surface area contributed by atoms with Crippen LogP contribution in [0.4, 0.5) is 18.9 Å². The molecule has 2 unspecified atom stereocenters. The molecule has 2 atom stereocenters. The van der Waals surface area contributed by atoms with Gasteiger partial charge in [0.25, 0.3) is 0 Å². The Morgan fingerprint density at radius 3 is 2.57 bits per heavy atom. The molecule has 1 aromatic carbocycles. The Morgan fingerprint density at radius 2 is 2.10 bits per heavy atom. The first-order valence-corrected chi connectivity index (χ1v) is 7.05. The quantitative estimate of drug-likeness (QED) is 0.833. The van der Waals surface area contributed by atoms with Crippen LogP contribution >= 0.6 is 15.9 Å². The predicted octanol–water partition coefficient (Wildman–Crippen LogP) is 3.66. The molecule has 0 saturated heterocycles.